The van der Waals surface area contributed by atoms with E-state index in [0.717, 1.165) is 0 Å². The van der Waals surface area contributed by atoms with Gasteiger partial charge in [-0.1, -0.05) is 30.3 Å². The summed E-state index contributed by atoms with van der Waals surface area (Å²) >= 11 is 0. The molecule has 0 bridgehead atoms. The summed E-state index contributed by atoms with van der Waals surface area (Å²) in [6.07, 6.45) is 0. The lowest BCUT2D eigenvalue weighted by atomic mass is 10.1. The molecule has 0 unspecified atom stereocenters. The van der Waals surface area contributed by atoms with Crippen molar-refractivity contribution in [3.63, 3.8) is 0 Å². The second kappa shape index (κ2) is 4.62. The number of para-hydroxylation sites is 2. The molecule has 20 heavy (non-hydrogen) atoms. The number of benzene rings is 2. The Morgan fingerprint density at radius 3 is 2.30 bits per heavy atom. The number of nitrogens with zero attached hydrogens (tertiary/aromatic N) is 2. The van der Waals surface area contributed by atoms with E-state index < -0.39 is 11.2 Å². The average Bonchev–Trinajstić information content (AvgIpc) is 2.49. The van der Waals surface area contributed by atoms with Crippen LogP contribution in [0.2, 0.25) is 0 Å². The van der Waals surface area contributed by atoms with Gasteiger partial charge in [-0.2, -0.15) is 0 Å². The summed E-state index contributed by atoms with van der Waals surface area (Å²) in [6, 6.07) is 15.7. The van der Waals surface area contributed by atoms with Crippen molar-refractivity contribution in [2.45, 2.75) is 0 Å². The van der Waals surface area contributed by atoms with E-state index in [1.54, 1.807) is 48.5 Å². The summed E-state index contributed by atoms with van der Waals surface area (Å²) < 4.78 is 1.37. The lowest BCUT2D eigenvalue weighted by molar-refractivity contribution is 0.481. The van der Waals surface area contributed by atoms with E-state index in [9.17, 15) is 14.8 Å². The number of nitroso groups, excluding NO2 is 1. The molecule has 0 aliphatic rings. The van der Waals surface area contributed by atoms with E-state index >= 15 is 0 Å². The van der Waals surface area contributed by atoms with E-state index in [1.807, 2.05) is 6.07 Å². The third-order valence-electron chi connectivity index (χ3n) is 3.14. The molecule has 5 nitrogen and oxygen atoms in total. The third kappa shape index (κ3) is 1.68. The molecule has 1 N–H and O–H groups in total. The predicted octanol–water partition coefficient (Wildman–Crippen LogP) is 3.09. The largest absolute Gasteiger partial charge is 0.505 e. The first kappa shape index (κ1) is 12.1. The van der Waals surface area contributed by atoms with Crippen LogP contribution in [-0.2, 0) is 0 Å². The van der Waals surface area contributed by atoms with Crippen molar-refractivity contribution < 1.29 is 5.11 Å². The molecule has 5 heteroatoms. The topological polar surface area (TPSA) is 71.7 Å². The van der Waals surface area contributed by atoms with Crippen LogP contribution < -0.4 is 5.56 Å². The first-order valence-electron chi connectivity index (χ1n) is 5.99. The zero-order valence-corrected chi connectivity index (χ0v) is 10.4. The Balaban J connectivity index is 2.54. The molecule has 3 rings (SSSR count). The molecule has 98 valence electrons. The van der Waals surface area contributed by atoms with Gasteiger partial charge in [-0.3, -0.25) is 9.36 Å². The summed E-state index contributed by atoms with van der Waals surface area (Å²) in [4.78, 5) is 23.2. The van der Waals surface area contributed by atoms with Gasteiger partial charge in [0.1, 0.15) is 0 Å². The van der Waals surface area contributed by atoms with Crippen LogP contribution in [0.3, 0.4) is 0 Å². The quantitative estimate of drug-likeness (QED) is 0.724. The van der Waals surface area contributed by atoms with Crippen LogP contribution in [0.25, 0.3) is 16.6 Å². The summed E-state index contributed by atoms with van der Waals surface area (Å²) in [7, 11) is 0. The Hall–Kier alpha value is -2.95. The minimum absolute atomic E-state index is 0.382. The van der Waals surface area contributed by atoms with Crippen LogP contribution in [0.1, 0.15) is 0 Å². The Kier molecular flexibility index (Phi) is 2.80. The minimum Gasteiger partial charge on any atom is -0.505 e. The molecular weight excluding hydrogens is 256 g/mol. The summed E-state index contributed by atoms with van der Waals surface area (Å²) in [6.45, 7) is 0. The van der Waals surface area contributed by atoms with Crippen molar-refractivity contribution in [1.82, 2.24) is 4.57 Å². The highest BCUT2D eigenvalue weighted by Gasteiger charge is 2.17. The van der Waals surface area contributed by atoms with Crippen molar-refractivity contribution in [2.24, 2.45) is 5.18 Å². The van der Waals surface area contributed by atoms with Gasteiger partial charge in [0.2, 0.25) is 5.69 Å². The molecule has 0 saturated heterocycles. The highest BCUT2D eigenvalue weighted by Crippen LogP contribution is 2.32. The van der Waals surface area contributed by atoms with E-state index in [4.69, 9.17) is 0 Å². The molecule has 0 radical (unpaired) electrons. The number of pyridine rings is 1. The molecule has 0 aliphatic heterocycles. The van der Waals surface area contributed by atoms with Gasteiger partial charge in [0.25, 0.3) is 5.56 Å². The van der Waals surface area contributed by atoms with Crippen molar-refractivity contribution >= 4 is 16.6 Å². The standard InChI is InChI=1S/C15H10N2O3/c18-14-11-8-4-5-9-12(11)17(15(19)13(14)16-20)10-6-2-1-3-7-10/h1-9,18H. The highest BCUT2D eigenvalue weighted by molar-refractivity contribution is 5.90. The maximum Gasteiger partial charge on any atom is 0.288 e. The highest BCUT2D eigenvalue weighted by atomic mass is 16.3. The maximum atomic E-state index is 12.3. The summed E-state index contributed by atoms with van der Waals surface area (Å²) in [5, 5.41) is 13.1. The van der Waals surface area contributed by atoms with Crippen LogP contribution in [0.5, 0.6) is 5.75 Å². The SMILES string of the molecule is O=Nc1c(O)c2ccccc2n(-c2ccccc2)c1=O. The monoisotopic (exact) mass is 266 g/mol. The first-order valence-corrected chi connectivity index (χ1v) is 5.99. The minimum atomic E-state index is -0.637. The summed E-state index contributed by atoms with van der Waals surface area (Å²) in [5.41, 5.74) is 0.0159. The maximum absolute atomic E-state index is 12.3. The number of aromatic nitrogens is 1. The lowest BCUT2D eigenvalue weighted by Crippen LogP contribution is -2.18. The van der Waals surface area contributed by atoms with Gasteiger partial charge in [-0.15, -0.1) is 4.91 Å². The molecule has 0 fully saturated rings. The van der Waals surface area contributed by atoms with Gasteiger partial charge in [0, 0.05) is 11.1 Å². The molecule has 2 aromatic carbocycles. The van der Waals surface area contributed by atoms with Crippen molar-refractivity contribution in [2.75, 3.05) is 0 Å². The van der Waals surface area contributed by atoms with Crippen LogP contribution in [0, 0.1) is 4.91 Å². The Labute approximate surface area is 113 Å². The molecule has 0 atom stereocenters. The predicted molar refractivity (Wildman–Crippen MR) is 76.7 cm³/mol. The van der Waals surface area contributed by atoms with Gasteiger partial charge < -0.3 is 5.11 Å². The van der Waals surface area contributed by atoms with E-state index in [-0.39, 0.29) is 5.75 Å². The molecular formula is C15H10N2O3. The zero-order chi connectivity index (χ0) is 14.1. The van der Waals surface area contributed by atoms with Gasteiger partial charge in [0.15, 0.2) is 5.75 Å². The number of aromatic hydroxyl groups is 1. The molecule has 1 heterocycles. The Morgan fingerprint density at radius 1 is 0.950 bits per heavy atom. The first-order chi connectivity index (χ1) is 9.74. The smallest absolute Gasteiger partial charge is 0.288 e. The van der Waals surface area contributed by atoms with Crippen molar-refractivity contribution in [1.29, 1.82) is 0 Å². The van der Waals surface area contributed by atoms with Crippen molar-refractivity contribution in [3.8, 4) is 11.4 Å². The Morgan fingerprint density at radius 2 is 1.60 bits per heavy atom. The fourth-order valence-corrected chi connectivity index (χ4v) is 2.23. The van der Waals surface area contributed by atoms with E-state index in [1.165, 1.54) is 4.57 Å². The summed E-state index contributed by atoms with van der Waals surface area (Å²) in [5.74, 6) is -0.382. The fraction of sp³-hybridized carbons (Fsp3) is 0. The lowest BCUT2D eigenvalue weighted by Gasteiger charge is -2.12. The van der Waals surface area contributed by atoms with Crippen LogP contribution in [0.15, 0.2) is 64.6 Å². The van der Waals surface area contributed by atoms with E-state index in [2.05, 4.69) is 5.18 Å². The molecule has 0 spiro atoms. The van der Waals surface area contributed by atoms with Crippen LogP contribution in [-0.4, -0.2) is 9.67 Å². The second-order valence-corrected chi connectivity index (χ2v) is 4.28. The molecule has 0 amide bonds. The second-order valence-electron chi connectivity index (χ2n) is 4.28. The molecule has 3 aromatic rings. The Bertz CT molecular complexity index is 854. The van der Waals surface area contributed by atoms with Gasteiger partial charge in [-0.05, 0) is 29.4 Å². The van der Waals surface area contributed by atoms with Crippen molar-refractivity contribution in [3.05, 3.63) is 69.9 Å². The number of hydrogen-bond acceptors (Lipinski definition) is 4. The van der Waals surface area contributed by atoms with Gasteiger partial charge in [-0.25, -0.2) is 0 Å². The molecule has 0 aliphatic carbocycles. The average molecular weight is 266 g/mol. The van der Waals surface area contributed by atoms with E-state index in [0.29, 0.717) is 16.6 Å². The van der Waals surface area contributed by atoms with Crippen LogP contribution >= 0.6 is 0 Å². The number of fused-ring (bicyclic) bond motifs is 1. The normalized spacial score (nSPS) is 10.6. The third-order valence-corrected chi connectivity index (χ3v) is 3.14. The number of rotatable bonds is 2. The molecule has 0 saturated carbocycles. The van der Waals surface area contributed by atoms with Gasteiger partial charge in [0.05, 0.1) is 5.52 Å². The van der Waals surface area contributed by atoms with Crippen LogP contribution in [0.4, 0.5) is 5.69 Å². The number of hydrogen-bond donors (Lipinski definition) is 1. The fourth-order valence-electron chi connectivity index (χ4n) is 2.23. The van der Waals surface area contributed by atoms with Gasteiger partial charge >= 0.3 is 0 Å². The molecule has 1 aromatic heterocycles. The zero-order valence-electron chi connectivity index (χ0n) is 10.4.